The normalized spacial score (nSPS) is 19.7. The first-order chi connectivity index (χ1) is 14.6. The third-order valence-electron chi connectivity index (χ3n) is 5.84. The van der Waals surface area contributed by atoms with Crippen molar-refractivity contribution in [3.05, 3.63) is 35.4 Å². The fourth-order valence-electron chi connectivity index (χ4n) is 4.27. The van der Waals surface area contributed by atoms with Gasteiger partial charge in [-0.25, -0.2) is 4.99 Å². The molecule has 2 fully saturated rings. The largest absolute Gasteiger partial charge is 0.357 e. The van der Waals surface area contributed by atoms with Crippen LogP contribution in [0.25, 0.3) is 0 Å². The van der Waals surface area contributed by atoms with Crippen molar-refractivity contribution in [3.8, 4) is 0 Å². The Hall–Kier alpha value is -2.57. The lowest BCUT2D eigenvalue weighted by Gasteiger charge is -2.21. The van der Waals surface area contributed by atoms with E-state index in [1.54, 1.807) is 0 Å². The monoisotopic (exact) mass is 413 g/mol. The molecule has 0 aromatic heterocycles. The van der Waals surface area contributed by atoms with Gasteiger partial charge in [0, 0.05) is 43.7 Å². The van der Waals surface area contributed by atoms with E-state index >= 15 is 0 Å². The van der Waals surface area contributed by atoms with Crippen LogP contribution in [0.4, 0.5) is 0 Å². The van der Waals surface area contributed by atoms with Crippen molar-refractivity contribution >= 4 is 17.8 Å². The molecule has 164 valence electrons. The van der Waals surface area contributed by atoms with Gasteiger partial charge in [-0.2, -0.15) is 0 Å². The van der Waals surface area contributed by atoms with Gasteiger partial charge in [0.25, 0.3) is 5.91 Å². The summed E-state index contributed by atoms with van der Waals surface area (Å²) in [6.45, 7) is 7.37. The summed E-state index contributed by atoms with van der Waals surface area (Å²) in [6.07, 6.45) is 5.41. The average molecular weight is 414 g/mol. The first-order valence-corrected chi connectivity index (χ1v) is 11.3. The molecule has 1 aromatic rings. The van der Waals surface area contributed by atoms with Crippen LogP contribution in [0, 0.1) is 5.92 Å². The molecule has 1 heterocycles. The highest BCUT2D eigenvalue weighted by Gasteiger charge is 2.32. The predicted octanol–water partition coefficient (Wildman–Crippen LogP) is 2.28. The van der Waals surface area contributed by atoms with E-state index < -0.39 is 0 Å². The summed E-state index contributed by atoms with van der Waals surface area (Å²) in [5.41, 5.74) is 1.64. The number of guanidine groups is 1. The smallest absolute Gasteiger partial charge is 0.251 e. The molecule has 1 unspecified atom stereocenters. The van der Waals surface area contributed by atoms with Gasteiger partial charge in [0.2, 0.25) is 5.91 Å². The zero-order chi connectivity index (χ0) is 21.3. The first-order valence-electron chi connectivity index (χ1n) is 11.3. The van der Waals surface area contributed by atoms with Gasteiger partial charge < -0.3 is 20.9 Å². The van der Waals surface area contributed by atoms with E-state index in [0.29, 0.717) is 24.6 Å². The molecule has 3 rings (SSSR count). The highest BCUT2D eigenvalue weighted by molar-refractivity contribution is 5.94. The van der Waals surface area contributed by atoms with E-state index in [4.69, 9.17) is 4.99 Å². The molecule has 0 radical (unpaired) electrons. The fraction of sp³-hybridized carbons (Fsp3) is 0.609. The number of carbonyl (C=O) groups excluding carboxylic acids is 2. The highest BCUT2D eigenvalue weighted by Crippen LogP contribution is 2.27. The molecule has 2 amide bonds. The molecule has 30 heavy (non-hydrogen) atoms. The molecule has 1 aliphatic carbocycles. The van der Waals surface area contributed by atoms with E-state index in [1.807, 2.05) is 43.0 Å². The molecular weight excluding hydrogens is 378 g/mol. The topological polar surface area (TPSA) is 85.8 Å². The molecule has 0 bridgehead atoms. The lowest BCUT2D eigenvalue weighted by Crippen LogP contribution is -2.45. The SMILES string of the molecule is CCNC(=O)c1cccc(CN=C(NCC)NC2CCN(C(=O)C3CCCC3)C2)c1. The number of amides is 2. The van der Waals surface area contributed by atoms with Gasteiger partial charge in [-0.3, -0.25) is 9.59 Å². The maximum atomic E-state index is 12.7. The van der Waals surface area contributed by atoms with E-state index in [9.17, 15) is 9.59 Å². The molecule has 0 spiro atoms. The van der Waals surface area contributed by atoms with Crippen LogP contribution in [0.2, 0.25) is 0 Å². The number of benzene rings is 1. The fourth-order valence-corrected chi connectivity index (χ4v) is 4.27. The molecule has 1 atom stereocenters. The van der Waals surface area contributed by atoms with Gasteiger partial charge in [0.15, 0.2) is 5.96 Å². The third kappa shape index (κ3) is 5.97. The number of rotatable bonds is 7. The van der Waals surface area contributed by atoms with Gasteiger partial charge in [0.05, 0.1) is 6.54 Å². The summed E-state index contributed by atoms with van der Waals surface area (Å²) in [6, 6.07) is 7.79. The Bertz CT molecular complexity index is 758. The average Bonchev–Trinajstić information content (AvgIpc) is 3.44. The lowest BCUT2D eigenvalue weighted by atomic mass is 10.1. The Kier molecular flexibility index (Phi) is 8.11. The van der Waals surface area contributed by atoms with Crippen LogP contribution in [0.3, 0.4) is 0 Å². The quantitative estimate of drug-likeness (QED) is 0.473. The Balaban J connectivity index is 1.56. The molecule has 1 saturated carbocycles. The van der Waals surface area contributed by atoms with Gasteiger partial charge in [-0.1, -0.05) is 25.0 Å². The van der Waals surface area contributed by atoms with Crippen molar-refractivity contribution in [1.82, 2.24) is 20.9 Å². The third-order valence-corrected chi connectivity index (χ3v) is 5.84. The van der Waals surface area contributed by atoms with Crippen LogP contribution < -0.4 is 16.0 Å². The van der Waals surface area contributed by atoms with Crippen molar-refractivity contribution in [2.75, 3.05) is 26.2 Å². The van der Waals surface area contributed by atoms with E-state index in [1.165, 1.54) is 12.8 Å². The maximum absolute atomic E-state index is 12.7. The number of aliphatic imine (C=N–C) groups is 1. The number of likely N-dealkylation sites (tertiary alicyclic amines) is 1. The molecular formula is C23H35N5O2. The maximum Gasteiger partial charge on any atom is 0.251 e. The van der Waals surface area contributed by atoms with E-state index in [0.717, 1.165) is 50.4 Å². The van der Waals surface area contributed by atoms with Crippen molar-refractivity contribution in [2.45, 2.75) is 58.5 Å². The molecule has 2 aliphatic rings. The molecule has 1 aromatic carbocycles. The van der Waals surface area contributed by atoms with E-state index in [-0.39, 0.29) is 17.9 Å². The molecule has 3 N–H and O–H groups in total. The second-order valence-corrected chi connectivity index (χ2v) is 8.15. The Morgan fingerprint density at radius 1 is 1.10 bits per heavy atom. The van der Waals surface area contributed by atoms with Crippen molar-refractivity contribution in [2.24, 2.45) is 10.9 Å². The zero-order valence-electron chi connectivity index (χ0n) is 18.2. The molecule has 7 nitrogen and oxygen atoms in total. The minimum Gasteiger partial charge on any atom is -0.357 e. The summed E-state index contributed by atoms with van der Waals surface area (Å²) in [5, 5.41) is 9.60. The van der Waals surface area contributed by atoms with Gasteiger partial charge in [0.1, 0.15) is 0 Å². The number of hydrogen-bond acceptors (Lipinski definition) is 3. The van der Waals surface area contributed by atoms with Crippen LogP contribution in [0.1, 0.15) is 61.9 Å². The highest BCUT2D eigenvalue weighted by atomic mass is 16.2. The number of nitrogens with zero attached hydrogens (tertiary/aromatic N) is 2. The van der Waals surface area contributed by atoms with Crippen LogP contribution in [-0.2, 0) is 11.3 Å². The van der Waals surface area contributed by atoms with E-state index in [2.05, 4.69) is 16.0 Å². The summed E-state index contributed by atoms with van der Waals surface area (Å²) in [7, 11) is 0. The van der Waals surface area contributed by atoms with Crippen molar-refractivity contribution in [3.63, 3.8) is 0 Å². The first kappa shape index (κ1) is 22.1. The van der Waals surface area contributed by atoms with Crippen LogP contribution in [-0.4, -0.2) is 54.9 Å². The minimum absolute atomic E-state index is 0.0636. The van der Waals surface area contributed by atoms with Gasteiger partial charge in [-0.05, 0) is 50.8 Å². The number of carbonyl (C=O) groups is 2. The molecule has 7 heteroatoms. The predicted molar refractivity (Wildman–Crippen MR) is 119 cm³/mol. The van der Waals surface area contributed by atoms with Gasteiger partial charge in [-0.15, -0.1) is 0 Å². The van der Waals surface area contributed by atoms with Crippen LogP contribution in [0.5, 0.6) is 0 Å². The van der Waals surface area contributed by atoms with Crippen LogP contribution >= 0.6 is 0 Å². The Labute approximate surface area is 179 Å². The zero-order valence-corrected chi connectivity index (χ0v) is 18.2. The Morgan fingerprint density at radius 3 is 2.60 bits per heavy atom. The van der Waals surface area contributed by atoms with Gasteiger partial charge >= 0.3 is 0 Å². The second-order valence-electron chi connectivity index (χ2n) is 8.15. The summed E-state index contributed by atoms with van der Waals surface area (Å²) >= 11 is 0. The minimum atomic E-state index is -0.0636. The van der Waals surface area contributed by atoms with Crippen LogP contribution in [0.15, 0.2) is 29.3 Å². The molecule has 1 saturated heterocycles. The molecule has 1 aliphatic heterocycles. The summed E-state index contributed by atoms with van der Waals surface area (Å²) in [4.78, 5) is 31.4. The lowest BCUT2D eigenvalue weighted by molar-refractivity contribution is -0.134. The van der Waals surface area contributed by atoms with Crippen molar-refractivity contribution in [1.29, 1.82) is 0 Å². The standard InChI is InChI=1S/C23H35N5O2/c1-3-24-21(29)19-11-7-8-17(14-19)15-26-23(25-4-2)27-20-12-13-28(16-20)22(30)18-9-5-6-10-18/h7-8,11,14,18,20H,3-6,9-10,12-13,15-16H2,1-2H3,(H,24,29)(H2,25,26,27). The van der Waals surface area contributed by atoms with Crippen molar-refractivity contribution < 1.29 is 9.59 Å². The second kappa shape index (κ2) is 11.0. The summed E-state index contributed by atoms with van der Waals surface area (Å²) < 4.78 is 0. The summed E-state index contributed by atoms with van der Waals surface area (Å²) in [5.74, 6) is 1.26. The number of nitrogens with one attached hydrogen (secondary N) is 3. The number of hydrogen-bond donors (Lipinski definition) is 3. The Morgan fingerprint density at radius 2 is 1.87 bits per heavy atom.